The first-order valence-corrected chi connectivity index (χ1v) is 12.4. The number of hydrogen-bond donors (Lipinski definition) is 1. The van der Waals surface area contributed by atoms with Crippen molar-refractivity contribution < 1.29 is 4.74 Å². The van der Waals surface area contributed by atoms with Crippen molar-refractivity contribution in [3.63, 3.8) is 0 Å². The Balaban J connectivity index is 1.62. The molecular formula is C32H26N4O. The van der Waals surface area contributed by atoms with Crippen LogP contribution in [0.5, 0.6) is 0 Å². The lowest BCUT2D eigenvalue weighted by Gasteiger charge is -2.17. The Hall–Kier alpha value is -4.66. The van der Waals surface area contributed by atoms with E-state index in [1.165, 1.54) is 0 Å². The summed E-state index contributed by atoms with van der Waals surface area (Å²) < 4.78 is 7.44. The van der Waals surface area contributed by atoms with Gasteiger partial charge in [-0.2, -0.15) is 5.26 Å². The van der Waals surface area contributed by atoms with E-state index in [2.05, 4.69) is 70.6 Å². The number of pyridine rings is 1. The third-order valence-electron chi connectivity index (χ3n) is 6.82. The quantitative estimate of drug-likeness (QED) is 0.242. The van der Waals surface area contributed by atoms with Gasteiger partial charge in [-0.05, 0) is 48.4 Å². The molecule has 4 aromatic carbocycles. The first kappa shape index (κ1) is 22.8. The van der Waals surface area contributed by atoms with Gasteiger partial charge < -0.3 is 14.6 Å². The molecule has 0 bridgehead atoms. The van der Waals surface area contributed by atoms with Gasteiger partial charge in [0.1, 0.15) is 6.07 Å². The lowest BCUT2D eigenvalue weighted by molar-refractivity contribution is 0.198. The number of aromatic nitrogens is 2. The van der Waals surface area contributed by atoms with E-state index in [1.54, 1.807) is 7.11 Å². The number of nitrogens with zero attached hydrogens (tertiary/aromatic N) is 3. The predicted molar refractivity (Wildman–Crippen MR) is 151 cm³/mol. The summed E-state index contributed by atoms with van der Waals surface area (Å²) in [6, 6.07) is 33.5. The summed E-state index contributed by atoms with van der Waals surface area (Å²) in [6.07, 6.45) is 2.83. The van der Waals surface area contributed by atoms with Gasteiger partial charge in [-0.25, -0.2) is 0 Å². The van der Waals surface area contributed by atoms with Gasteiger partial charge in [0.2, 0.25) is 0 Å². The highest BCUT2D eigenvalue weighted by molar-refractivity contribution is 6.16. The molecule has 5 heteroatoms. The number of para-hydroxylation sites is 3. The van der Waals surface area contributed by atoms with Crippen LogP contribution in [0.25, 0.3) is 49.5 Å². The molecule has 0 aliphatic rings. The molecular weight excluding hydrogens is 456 g/mol. The number of rotatable bonds is 7. The SMILES string of the molecule is COCCCNc1cccc(C#N)c1-n1c2ccccc2c2c(-c3cnc4ccccc4c3)cccc21. The van der Waals surface area contributed by atoms with E-state index in [0.29, 0.717) is 12.2 Å². The fourth-order valence-corrected chi connectivity index (χ4v) is 5.18. The minimum Gasteiger partial charge on any atom is -0.385 e. The minimum absolute atomic E-state index is 0.622. The second-order valence-electron chi connectivity index (χ2n) is 9.06. The maximum absolute atomic E-state index is 10.1. The van der Waals surface area contributed by atoms with Crippen molar-refractivity contribution in [1.29, 1.82) is 5.26 Å². The second kappa shape index (κ2) is 9.77. The van der Waals surface area contributed by atoms with Gasteiger partial charge in [-0.3, -0.25) is 4.98 Å². The number of ether oxygens (including phenoxy) is 1. The summed E-state index contributed by atoms with van der Waals surface area (Å²) in [5, 5.41) is 17.0. The number of benzene rings is 4. The Labute approximate surface area is 215 Å². The van der Waals surface area contributed by atoms with Crippen LogP contribution in [0.1, 0.15) is 12.0 Å². The smallest absolute Gasteiger partial charge is 0.101 e. The third kappa shape index (κ3) is 3.98. The molecule has 37 heavy (non-hydrogen) atoms. The summed E-state index contributed by atoms with van der Waals surface area (Å²) >= 11 is 0. The molecule has 0 atom stereocenters. The zero-order valence-electron chi connectivity index (χ0n) is 20.6. The van der Waals surface area contributed by atoms with Gasteiger partial charge in [0.15, 0.2) is 0 Å². The molecule has 6 rings (SSSR count). The molecule has 0 unspecified atom stereocenters. The molecule has 2 aromatic heterocycles. The summed E-state index contributed by atoms with van der Waals surface area (Å²) in [4.78, 5) is 4.73. The summed E-state index contributed by atoms with van der Waals surface area (Å²) in [6.45, 7) is 1.43. The lowest BCUT2D eigenvalue weighted by Crippen LogP contribution is -2.09. The van der Waals surface area contributed by atoms with Crippen LogP contribution >= 0.6 is 0 Å². The van der Waals surface area contributed by atoms with E-state index < -0.39 is 0 Å². The van der Waals surface area contributed by atoms with E-state index >= 15 is 0 Å². The fourth-order valence-electron chi connectivity index (χ4n) is 5.18. The van der Waals surface area contributed by atoms with Gasteiger partial charge in [0.25, 0.3) is 0 Å². The maximum Gasteiger partial charge on any atom is 0.101 e. The highest BCUT2D eigenvalue weighted by Gasteiger charge is 2.20. The summed E-state index contributed by atoms with van der Waals surface area (Å²) in [7, 11) is 1.71. The molecule has 0 radical (unpaired) electrons. The van der Waals surface area contributed by atoms with Gasteiger partial charge in [-0.1, -0.05) is 54.6 Å². The van der Waals surface area contributed by atoms with Gasteiger partial charge in [-0.15, -0.1) is 0 Å². The second-order valence-corrected chi connectivity index (χ2v) is 9.06. The minimum atomic E-state index is 0.622. The number of anilines is 1. The van der Waals surface area contributed by atoms with Crippen LogP contribution in [-0.2, 0) is 4.74 Å². The number of nitriles is 1. The average Bonchev–Trinajstić information content (AvgIpc) is 3.29. The van der Waals surface area contributed by atoms with E-state index in [4.69, 9.17) is 9.72 Å². The molecule has 0 aliphatic heterocycles. The van der Waals surface area contributed by atoms with Crippen LogP contribution in [-0.4, -0.2) is 29.8 Å². The van der Waals surface area contributed by atoms with Gasteiger partial charge in [0, 0.05) is 48.2 Å². The normalized spacial score (nSPS) is 11.2. The van der Waals surface area contributed by atoms with Crippen molar-refractivity contribution in [3.05, 3.63) is 103 Å². The average molecular weight is 483 g/mol. The molecule has 2 heterocycles. The number of hydrogen-bond acceptors (Lipinski definition) is 4. The van der Waals surface area contributed by atoms with Crippen LogP contribution in [0.4, 0.5) is 5.69 Å². The monoisotopic (exact) mass is 482 g/mol. The first-order valence-electron chi connectivity index (χ1n) is 12.4. The van der Waals surface area contributed by atoms with Crippen molar-refractivity contribution in [2.45, 2.75) is 6.42 Å². The predicted octanol–water partition coefficient (Wildman–Crippen LogP) is 7.32. The molecule has 1 N–H and O–H groups in total. The van der Waals surface area contributed by atoms with Crippen molar-refractivity contribution >= 4 is 38.4 Å². The highest BCUT2D eigenvalue weighted by atomic mass is 16.5. The maximum atomic E-state index is 10.1. The zero-order valence-corrected chi connectivity index (χ0v) is 20.6. The van der Waals surface area contributed by atoms with Gasteiger partial charge in [0.05, 0.1) is 33.5 Å². The number of methoxy groups -OCH3 is 1. The van der Waals surface area contributed by atoms with Crippen molar-refractivity contribution in [1.82, 2.24) is 9.55 Å². The van der Waals surface area contributed by atoms with Crippen molar-refractivity contribution in [2.75, 3.05) is 25.6 Å². The molecule has 0 aliphatic carbocycles. The molecule has 6 aromatic rings. The van der Waals surface area contributed by atoms with Crippen LogP contribution in [0.2, 0.25) is 0 Å². The molecule has 0 saturated carbocycles. The molecule has 0 spiro atoms. The molecule has 5 nitrogen and oxygen atoms in total. The topological polar surface area (TPSA) is 62.9 Å². The van der Waals surface area contributed by atoms with E-state index in [1.807, 2.05) is 42.6 Å². The van der Waals surface area contributed by atoms with Crippen molar-refractivity contribution in [3.8, 4) is 22.9 Å². The third-order valence-corrected chi connectivity index (χ3v) is 6.82. The Kier molecular flexibility index (Phi) is 6.02. The van der Waals surface area contributed by atoms with Crippen LogP contribution < -0.4 is 5.32 Å². The van der Waals surface area contributed by atoms with Crippen molar-refractivity contribution in [2.24, 2.45) is 0 Å². The molecule has 0 amide bonds. The van der Waals surface area contributed by atoms with E-state index in [-0.39, 0.29) is 0 Å². The van der Waals surface area contributed by atoms with E-state index in [9.17, 15) is 5.26 Å². The summed E-state index contributed by atoms with van der Waals surface area (Å²) in [5.41, 5.74) is 7.69. The first-order chi connectivity index (χ1) is 18.3. The Bertz CT molecular complexity index is 1790. The van der Waals surface area contributed by atoms with Crippen LogP contribution in [0.3, 0.4) is 0 Å². The zero-order chi connectivity index (χ0) is 25.2. The number of nitrogens with one attached hydrogen (secondary N) is 1. The van der Waals surface area contributed by atoms with Gasteiger partial charge >= 0.3 is 0 Å². The summed E-state index contributed by atoms with van der Waals surface area (Å²) in [5.74, 6) is 0. The highest BCUT2D eigenvalue weighted by Crippen LogP contribution is 2.40. The standard InChI is InChI=1S/C32H26N4O/c1-37-18-8-17-34-28-14-6-10-23(20-33)32(28)36-29-15-5-3-11-26(29)31-25(12-7-16-30(31)36)24-19-22-9-2-4-13-27(22)35-21-24/h2-7,9-16,19,21,34H,8,17-18H2,1H3. The van der Waals surface area contributed by atoms with E-state index in [0.717, 1.165) is 68.2 Å². The molecule has 180 valence electrons. The molecule has 0 fully saturated rings. The molecule has 0 saturated heterocycles. The Morgan fingerprint density at radius 3 is 2.62 bits per heavy atom. The fraction of sp³-hybridized carbons (Fsp3) is 0.125. The number of fused-ring (bicyclic) bond motifs is 4. The Morgan fingerprint density at radius 1 is 0.919 bits per heavy atom. The largest absolute Gasteiger partial charge is 0.385 e. The Morgan fingerprint density at radius 2 is 1.73 bits per heavy atom. The lowest BCUT2D eigenvalue weighted by atomic mass is 9.99. The van der Waals surface area contributed by atoms with Crippen LogP contribution in [0, 0.1) is 11.3 Å². The van der Waals surface area contributed by atoms with Crippen LogP contribution in [0.15, 0.2) is 97.2 Å².